The van der Waals surface area contributed by atoms with Crippen molar-refractivity contribution in [2.24, 2.45) is 11.8 Å². The summed E-state index contributed by atoms with van der Waals surface area (Å²) in [5, 5.41) is 29.8. The maximum atomic E-state index is 13.9. The zero-order chi connectivity index (χ0) is 64.9. The van der Waals surface area contributed by atoms with Crippen LogP contribution in [0.15, 0.2) is 72.9 Å². The topological polar surface area (TPSA) is 233 Å². The molecule has 2 unspecified atom stereocenters. The van der Waals surface area contributed by atoms with E-state index in [0.717, 1.165) is 81.4 Å². The van der Waals surface area contributed by atoms with Crippen molar-refractivity contribution in [3.63, 3.8) is 0 Å². The number of carbonyl (C=O) groups excluding carboxylic acids is 2. The largest absolute Gasteiger partial charge is 0.491 e. The molecule has 2 saturated heterocycles. The SMILES string of the molecule is CC(=N)N(C(=N)C1CCC(Oc2ccc(OCCOCCOCCOCCOCc3cn(CCOCCOCCOCCOCCC(=O)Oc4c(F)cc(F)cc4F)nn3)cc2)CC1)C1CC2CCC(C1)N2CC[C@H](NC(=O)C1CCC(F)(F)CC1)c1ccccc1. The third kappa shape index (κ3) is 24.0. The number of hydrogen-bond acceptors (Lipinski definition) is 18. The number of nitrogens with one attached hydrogen (secondary N) is 3. The first-order valence-corrected chi connectivity index (χ1v) is 32.4. The highest BCUT2D eigenvalue weighted by atomic mass is 19.3. The molecule has 3 N–H and O–H groups in total. The van der Waals surface area contributed by atoms with Crippen LogP contribution in [0.25, 0.3) is 0 Å². The quantitative estimate of drug-likeness (QED) is 0.00937. The number of rotatable bonds is 41. The number of aromatic nitrogens is 3. The Labute approximate surface area is 535 Å². The average Bonchev–Trinajstić information content (AvgIpc) is 1.58. The second-order valence-electron chi connectivity index (χ2n) is 23.6. The molecule has 3 atom stereocenters. The first-order valence-electron chi connectivity index (χ1n) is 32.4. The second-order valence-corrected chi connectivity index (χ2v) is 23.6. The van der Waals surface area contributed by atoms with Crippen LogP contribution < -0.4 is 19.5 Å². The van der Waals surface area contributed by atoms with Crippen molar-refractivity contribution in [2.45, 2.75) is 146 Å². The van der Waals surface area contributed by atoms with Gasteiger partial charge in [-0.1, -0.05) is 35.5 Å². The molecule has 26 heteroatoms. The lowest BCUT2D eigenvalue weighted by atomic mass is 9.84. The van der Waals surface area contributed by atoms with E-state index in [0.29, 0.717) is 141 Å². The van der Waals surface area contributed by atoms with Crippen LogP contribution in [-0.2, 0) is 60.6 Å². The summed E-state index contributed by atoms with van der Waals surface area (Å²) >= 11 is 0. The number of piperidine rings is 1. The van der Waals surface area contributed by atoms with Gasteiger partial charge in [0, 0.05) is 61.5 Å². The lowest BCUT2D eigenvalue weighted by Crippen LogP contribution is -2.55. The smallest absolute Gasteiger partial charge is 0.313 e. The monoisotopic (exact) mass is 1300 g/mol. The summed E-state index contributed by atoms with van der Waals surface area (Å²) in [5.74, 6) is -6.30. The molecule has 1 aromatic heterocycles. The Bertz CT molecular complexity index is 2810. The fourth-order valence-corrected chi connectivity index (χ4v) is 12.2. The molecular formula is C66H91F5N8O13. The van der Waals surface area contributed by atoms with Gasteiger partial charge in [-0.2, -0.15) is 0 Å². The number of hydrogen-bond donors (Lipinski definition) is 3. The number of amidine groups is 2. The van der Waals surface area contributed by atoms with Crippen molar-refractivity contribution in [3.05, 3.63) is 102 Å². The van der Waals surface area contributed by atoms with Gasteiger partial charge in [-0.25, -0.2) is 26.6 Å². The summed E-state index contributed by atoms with van der Waals surface area (Å²) in [6, 6.07) is 19.0. The van der Waals surface area contributed by atoms with E-state index in [4.69, 9.17) is 52.8 Å². The Balaban J connectivity index is 0.578. The van der Waals surface area contributed by atoms with Crippen LogP contribution in [0.2, 0.25) is 0 Å². The summed E-state index contributed by atoms with van der Waals surface area (Å²) in [4.78, 5) is 29.8. The van der Waals surface area contributed by atoms with Gasteiger partial charge < -0.3 is 62.3 Å². The van der Waals surface area contributed by atoms with Crippen LogP contribution >= 0.6 is 0 Å². The van der Waals surface area contributed by atoms with Crippen molar-refractivity contribution in [1.29, 1.82) is 10.8 Å². The molecule has 0 radical (unpaired) electrons. The molecule has 508 valence electrons. The van der Waals surface area contributed by atoms with Gasteiger partial charge in [0.05, 0.1) is 143 Å². The van der Waals surface area contributed by atoms with Crippen molar-refractivity contribution in [2.75, 3.05) is 112 Å². The highest BCUT2D eigenvalue weighted by Gasteiger charge is 2.45. The number of alkyl halides is 2. The van der Waals surface area contributed by atoms with Crippen LogP contribution in [0.1, 0.15) is 114 Å². The predicted octanol–water partition coefficient (Wildman–Crippen LogP) is 9.69. The second kappa shape index (κ2) is 38.2. The van der Waals surface area contributed by atoms with E-state index in [1.807, 2.05) is 59.5 Å². The minimum Gasteiger partial charge on any atom is -0.491 e. The standard InChI is InChI=1S/C66H91F5N8O13/c1-47(72)79(55-43-53-9-10-54(44-55)78(53)23-19-61(48-5-3-2-4-6-48)74-65(81)50-17-21-66(70,71)22-18-50)64(73)49-7-11-57(12-8-49)91-58-15-13-56(14-16-58)90-40-39-88-36-35-86-33-34-87-37-38-89-46-52-45-77(76-75-52)24-26-83-28-30-85-32-31-84-29-27-82-25-20-62(80)92-63-59(68)41-51(67)42-60(63)69/h2-6,13-16,41-42,45,49-50,53-55,57,61,72-73H,7-12,17-40,43-44,46H2,1H3,(H,74,81)/t49?,53?,54?,55?,57?,61-/m0/s1. The number of nitrogens with zero attached hydrogens (tertiary/aromatic N) is 5. The normalized spacial score (nSPS) is 20.2. The molecule has 3 aromatic carbocycles. The Morgan fingerprint density at radius 2 is 1.20 bits per heavy atom. The number of fused-ring (bicyclic) bond motifs is 2. The van der Waals surface area contributed by atoms with Gasteiger partial charge >= 0.3 is 5.97 Å². The number of halogens is 5. The fourth-order valence-electron chi connectivity index (χ4n) is 12.2. The average molecular weight is 1300 g/mol. The Kier molecular flexibility index (Phi) is 29.7. The summed E-state index contributed by atoms with van der Waals surface area (Å²) in [7, 11) is 0. The third-order valence-electron chi connectivity index (χ3n) is 17.0. The predicted molar refractivity (Wildman–Crippen MR) is 329 cm³/mol. The molecular weight excluding hydrogens is 1210 g/mol. The van der Waals surface area contributed by atoms with Gasteiger partial charge in [0.15, 0.2) is 11.6 Å². The van der Waals surface area contributed by atoms with Gasteiger partial charge in [-0.05, 0) is 107 Å². The van der Waals surface area contributed by atoms with E-state index in [-0.39, 0.29) is 81.9 Å². The van der Waals surface area contributed by atoms with Crippen molar-refractivity contribution >= 4 is 23.5 Å². The molecule has 92 heavy (non-hydrogen) atoms. The molecule has 2 aliphatic carbocycles. The van der Waals surface area contributed by atoms with Crippen molar-refractivity contribution < 1.29 is 83.6 Å². The zero-order valence-corrected chi connectivity index (χ0v) is 52.7. The first-order chi connectivity index (χ1) is 44.7. The van der Waals surface area contributed by atoms with E-state index in [9.17, 15) is 37.0 Å². The Hall–Kier alpha value is -6.23. The first kappa shape index (κ1) is 71.6. The molecule has 2 bridgehead atoms. The van der Waals surface area contributed by atoms with Crippen LogP contribution in [-0.4, -0.2) is 191 Å². The van der Waals surface area contributed by atoms with E-state index in [2.05, 4.69) is 25.3 Å². The summed E-state index contributed by atoms with van der Waals surface area (Å²) < 4.78 is 131. The zero-order valence-electron chi connectivity index (χ0n) is 52.7. The van der Waals surface area contributed by atoms with Crippen LogP contribution in [0.4, 0.5) is 22.0 Å². The summed E-state index contributed by atoms with van der Waals surface area (Å²) in [6.07, 6.45) is 9.42. The lowest BCUT2D eigenvalue weighted by molar-refractivity contribution is -0.136. The van der Waals surface area contributed by atoms with Gasteiger partial charge in [-0.3, -0.25) is 25.3 Å². The highest BCUT2D eigenvalue weighted by molar-refractivity contribution is 5.98. The lowest BCUT2D eigenvalue weighted by Gasteiger charge is -2.45. The van der Waals surface area contributed by atoms with Crippen LogP contribution in [0.5, 0.6) is 17.2 Å². The molecule has 3 heterocycles. The number of ether oxygens (including phenoxy) is 11. The van der Waals surface area contributed by atoms with E-state index in [1.165, 1.54) is 0 Å². The molecule has 4 fully saturated rings. The molecule has 1 amide bonds. The third-order valence-corrected chi connectivity index (χ3v) is 17.0. The molecule has 8 rings (SSSR count). The molecule has 4 aromatic rings. The number of carbonyl (C=O) groups is 2. The van der Waals surface area contributed by atoms with Gasteiger partial charge in [0.25, 0.3) is 0 Å². The van der Waals surface area contributed by atoms with Crippen molar-refractivity contribution in [3.8, 4) is 17.2 Å². The number of amides is 1. The van der Waals surface area contributed by atoms with Gasteiger partial charge in [0.2, 0.25) is 17.6 Å². The Morgan fingerprint density at radius 3 is 1.78 bits per heavy atom. The molecule has 2 aliphatic heterocycles. The van der Waals surface area contributed by atoms with E-state index < -0.39 is 41.0 Å². The molecule has 21 nitrogen and oxygen atoms in total. The highest BCUT2D eigenvalue weighted by Crippen LogP contribution is 2.41. The Morgan fingerprint density at radius 1 is 0.652 bits per heavy atom. The fraction of sp³-hybridized carbons (Fsp3) is 0.636. The van der Waals surface area contributed by atoms with Crippen molar-refractivity contribution in [1.82, 2.24) is 30.1 Å². The summed E-state index contributed by atoms with van der Waals surface area (Å²) in [5.41, 5.74) is 1.71. The summed E-state index contributed by atoms with van der Waals surface area (Å²) in [6.45, 7) is 8.88. The molecule has 4 aliphatic rings. The minimum atomic E-state index is -2.68. The van der Waals surface area contributed by atoms with E-state index in [1.54, 1.807) is 17.8 Å². The minimum absolute atomic E-state index is 0.0394. The van der Waals surface area contributed by atoms with Gasteiger partial charge in [0.1, 0.15) is 35.5 Å². The van der Waals surface area contributed by atoms with Crippen LogP contribution in [0.3, 0.4) is 0 Å². The maximum absolute atomic E-state index is 13.9. The van der Waals surface area contributed by atoms with E-state index >= 15 is 0 Å². The van der Waals surface area contributed by atoms with Crippen LogP contribution in [0, 0.1) is 40.1 Å². The molecule has 2 saturated carbocycles. The maximum Gasteiger partial charge on any atom is 0.313 e. The number of benzene rings is 3. The van der Waals surface area contributed by atoms with Gasteiger partial charge in [-0.15, -0.1) is 5.10 Å². The number of esters is 1. The molecule has 0 spiro atoms.